The van der Waals surface area contributed by atoms with E-state index in [1.54, 1.807) is 0 Å². The Morgan fingerprint density at radius 1 is 1.24 bits per heavy atom. The maximum atomic E-state index is 6.34. The molecular weight excluding hydrogens is 397 g/mol. The Morgan fingerprint density at radius 3 is 2.95 bits per heavy atom. The van der Waals surface area contributed by atoms with Crippen LogP contribution in [0.4, 0.5) is 0 Å². The second-order valence-corrected chi connectivity index (χ2v) is 6.95. The normalized spacial score (nSPS) is 14.6. The molecule has 4 heteroatoms. The van der Waals surface area contributed by atoms with Crippen LogP contribution >= 0.6 is 34.2 Å². The molecule has 0 radical (unpaired) electrons. The van der Waals surface area contributed by atoms with E-state index in [9.17, 15) is 0 Å². The maximum Gasteiger partial charge on any atom is 0.122 e. The van der Waals surface area contributed by atoms with Crippen molar-refractivity contribution in [3.8, 4) is 5.75 Å². The largest absolute Gasteiger partial charge is 0.493 e. The van der Waals surface area contributed by atoms with Crippen LogP contribution in [0.1, 0.15) is 29.2 Å². The van der Waals surface area contributed by atoms with E-state index in [0.29, 0.717) is 0 Å². The first kappa shape index (κ1) is 15.1. The number of ether oxygens (including phenoxy) is 1. The van der Waals surface area contributed by atoms with Crippen LogP contribution in [0.25, 0.3) is 0 Å². The summed E-state index contributed by atoms with van der Waals surface area (Å²) in [6.07, 6.45) is 2.90. The lowest BCUT2D eigenvalue weighted by atomic mass is 9.98. The summed E-state index contributed by atoms with van der Waals surface area (Å²) in [4.78, 5) is 0. The number of halogens is 2. The molecule has 1 aliphatic heterocycles. The zero-order valence-electron chi connectivity index (χ0n) is 11.6. The van der Waals surface area contributed by atoms with Crippen molar-refractivity contribution in [2.45, 2.75) is 25.3 Å². The number of fused-ring (bicyclic) bond motifs is 1. The summed E-state index contributed by atoms with van der Waals surface area (Å²) in [6, 6.07) is 12.4. The molecule has 0 saturated heterocycles. The van der Waals surface area contributed by atoms with Gasteiger partial charge >= 0.3 is 0 Å². The summed E-state index contributed by atoms with van der Waals surface area (Å²) in [5, 5.41) is 0.746. The standard InChI is InChI=1S/C17H17ClINO/c18-13-3-4-15(19)14(10-13)16(20)5-1-11-2-6-17-12(9-11)7-8-21-17/h2-4,6,9-10,16H,1,5,7-8,20H2. The SMILES string of the molecule is NC(CCc1ccc2c(c1)CCO2)c1cc(Cl)ccc1I. The first-order valence-electron chi connectivity index (χ1n) is 7.08. The average molecular weight is 414 g/mol. The van der Waals surface area contributed by atoms with Crippen LogP contribution in [0.15, 0.2) is 36.4 Å². The van der Waals surface area contributed by atoms with Gasteiger partial charge in [-0.15, -0.1) is 0 Å². The van der Waals surface area contributed by atoms with Gasteiger partial charge in [0, 0.05) is 21.1 Å². The van der Waals surface area contributed by atoms with E-state index >= 15 is 0 Å². The fourth-order valence-corrected chi connectivity index (χ4v) is 3.59. The Kier molecular flexibility index (Phi) is 4.72. The molecule has 1 atom stereocenters. The third-order valence-corrected chi connectivity index (χ3v) is 5.07. The fourth-order valence-electron chi connectivity index (χ4n) is 2.67. The van der Waals surface area contributed by atoms with Gasteiger partial charge in [-0.05, 0) is 76.4 Å². The van der Waals surface area contributed by atoms with Gasteiger partial charge in [-0.3, -0.25) is 0 Å². The molecule has 2 aromatic carbocycles. The average Bonchev–Trinajstić information content (AvgIpc) is 2.94. The Hall–Kier alpha value is -0.780. The van der Waals surface area contributed by atoms with Gasteiger partial charge in [-0.1, -0.05) is 23.7 Å². The quantitative estimate of drug-likeness (QED) is 0.749. The molecule has 0 aliphatic carbocycles. The smallest absolute Gasteiger partial charge is 0.122 e. The zero-order valence-corrected chi connectivity index (χ0v) is 14.5. The second-order valence-electron chi connectivity index (χ2n) is 5.35. The highest BCUT2D eigenvalue weighted by Crippen LogP contribution is 2.28. The van der Waals surface area contributed by atoms with Crippen LogP contribution in [0.5, 0.6) is 5.75 Å². The fraction of sp³-hybridized carbons (Fsp3) is 0.294. The van der Waals surface area contributed by atoms with Gasteiger partial charge in [0.25, 0.3) is 0 Å². The van der Waals surface area contributed by atoms with E-state index in [4.69, 9.17) is 22.1 Å². The summed E-state index contributed by atoms with van der Waals surface area (Å²) in [6.45, 7) is 0.805. The number of hydrogen-bond donors (Lipinski definition) is 1. The predicted molar refractivity (Wildman–Crippen MR) is 95.1 cm³/mol. The number of nitrogens with two attached hydrogens (primary N) is 1. The molecule has 0 amide bonds. The van der Waals surface area contributed by atoms with Gasteiger partial charge in [0.2, 0.25) is 0 Å². The molecule has 110 valence electrons. The lowest BCUT2D eigenvalue weighted by molar-refractivity contribution is 0.357. The maximum absolute atomic E-state index is 6.34. The monoisotopic (exact) mass is 413 g/mol. The van der Waals surface area contributed by atoms with Crippen molar-refractivity contribution in [2.75, 3.05) is 6.61 Å². The molecule has 0 bridgehead atoms. The minimum absolute atomic E-state index is 0.0140. The molecule has 21 heavy (non-hydrogen) atoms. The highest BCUT2D eigenvalue weighted by molar-refractivity contribution is 14.1. The van der Waals surface area contributed by atoms with Crippen LogP contribution in [0.3, 0.4) is 0 Å². The van der Waals surface area contributed by atoms with Crippen molar-refractivity contribution in [3.05, 3.63) is 61.7 Å². The lowest BCUT2D eigenvalue weighted by Crippen LogP contribution is -2.13. The Morgan fingerprint density at radius 2 is 2.10 bits per heavy atom. The number of hydrogen-bond acceptors (Lipinski definition) is 2. The Labute approximate surface area is 143 Å². The molecule has 0 saturated carbocycles. The van der Waals surface area contributed by atoms with E-state index in [1.807, 2.05) is 18.2 Å². The Balaban J connectivity index is 1.68. The van der Waals surface area contributed by atoms with Gasteiger partial charge in [-0.2, -0.15) is 0 Å². The molecule has 1 heterocycles. The van der Waals surface area contributed by atoms with Gasteiger partial charge in [0.05, 0.1) is 6.61 Å². The number of aryl methyl sites for hydroxylation is 1. The summed E-state index contributed by atoms with van der Waals surface area (Å²) in [7, 11) is 0. The van der Waals surface area contributed by atoms with Crippen molar-refractivity contribution < 1.29 is 4.74 Å². The molecule has 2 aromatic rings. The lowest BCUT2D eigenvalue weighted by Gasteiger charge is -2.14. The van der Waals surface area contributed by atoms with Gasteiger partial charge in [-0.25, -0.2) is 0 Å². The zero-order chi connectivity index (χ0) is 14.8. The summed E-state index contributed by atoms with van der Waals surface area (Å²) in [5.74, 6) is 1.03. The minimum atomic E-state index is 0.0140. The molecule has 2 nitrogen and oxygen atoms in total. The molecule has 1 aliphatic rings. The summed E-state index contributed by atoms with van der Waals surface area (Å²) < 4.78 is 6.71. The number of rotatable bonds is 4. The van der Waals surface area contributed by atoms with Crippen LogP contribution < -0.4 is 10.5 Å². The second kappa shape index (κ2) is 6.55. The van der Waals surface area contributed by atoms with Crippen LogP contribution in [-0.4, -0.2) is 6.61 Å². The first-order chi connectivity index (χ1) is 10.1. The van der Waals surface area contributed by atoms with E-state index in [1.165, 1.54) is 14.7 Å². The molecule has 0 fully saturated rings. The van der Waals surface area contributed by atoms with Gasteiger partial charge < -0.3 is 10.5 Å². The molecule has 0 spiro atoms. The van der Waals surface area contributed by atoms with Gasteiger partial charge in [0.1, 0.15) is 5.75 Å². The van der Waals surface area contributed by atoms with Crippen LogP contribution in [0, 0.1) is 3.57 Å². The Bertz CT molecular complexity index is 659. The van der Waals surface area contributed by atoms with E-state index in [-0.39, 0.29) is 6.04 Å². The number of benzene rings is 2. The van der Waals surface area contributed by atoms with Crippen LogP contribution in [0.2, 0.25) is 5.02 Å². The van der Waals surface area contributed by atoms with E-state index in [2.05, 4.69) is 40.8 Å². The highest BCUT2D eigenvalue weighted by Gasteiger charge is 2.14. The van der Waals surface area contributed by atoms with Crippen molar-refractivity contribution in [3.63, 3.8) is 0 Å². The van der Waals surface area contributed by atoms with Crippen molar-refractivity contribution in [2.24, 2.45) is 5.73 Å². The topological polar surface area (TPSA) is 35.2 Å². The molecule has 0 aromatic heterocycles. The summed E-state index contributed by atoms with van der Waals surface area (Å²) in [5.41, 5.74) is 10.1. The predicted octanol–water partition coefficient (Wildman–Crippen LogP) is 4.51. The highest BCUT2D eigenvalue weighted by atomic mass is 127. The van der Waals surface area contributed by atoms with Gasteiger partial charge in [0.15, 0.2) is 0 Å². The first-order valence-corrected chi connectivity index (χ1v) is 8.54. The third kappa shape index (κ3) is 3.52. The minimum Gasteiger partial charge on any atom is -0.493 e. The molecular formula is C17H17ClINO. The van der Waals surface area contributed by atoms with E-state index in [0.717, 1.165) is 42.2 Å². The molecule has 2 N–H and O–H groups in total. The molecule has 1 unspecified atom stereocenters. The van der Waals surface area contributed by atoms with Crippen molar-refractivity contribution in [1.82, 2.24) is 0 Å². The van der Waals surface area contributed by atoms with Crippen molar-refractivity contribution in [1.29, 1.82) is 0 Å². The van der Waals surface area contributed by atoms with E-state index < -0.39 is 0 Å². The summed E-state index contributed by atoms with van der Waals surface area (Å²) >= 11 is 8.38. The van der Waals surface area contributed by atoms with Crippen molar-refractivity contribution >= 4 is 34.2 Å². The third-order valence-electron chi connectivity index (χ3n) is 3.86. The van der Waals surface area contributed by atoms with Crippen LogP contribution in [-0.2, 0) is 12.8 Å². The molecule has 3 rings (SSSR count).